The van der Waals surface area contributed by atoms with Crippen molar-refractivity contribution < 1.29 is 14.3 Å². The first-order valence-electron chi connectivity index (χ1n) is 11.2. The van der Waals surface area contributed by atoms with Crippen LogP contribution in [0.5, 0.6) is 0 Å². The van der Waals surface area contributed by atoms with E-state index in [1.54, 1.807) is 18.3 Å². The molecule has 32 heavy (non-hydrogen) atoms. The molecule has 2 unspecified atom stereocenters. The lowest BCUT2D eigenvalue weighted by atomic mass is 9.97. The largest absolute Gasteiger partial charge is 0.373 e. The lowest BCUT2D eigenvalue weighted by Gasteiger charge is -2.24. The summed E-state index contributed by atoms with van der Waals surface area (Å²) >= 11 is 0. The summed E-state index contributed by atoms with van der Waals surface area (Å²) in [5.74, 6) is -0.149. The summed E-state index contributed by atoms with van der Waals surface area (Å²) in [6.45, 7) is 8.21. The van der Waals surface area contributed by atoms with Crippen LogP contribution in [0.2, 0.25) is 0 Å². The molecule has 8 heteroatoms. The number of fused-ring (bicyclic) bond motifs is 1. The maximum absolute atomic E-state index is 13.4. The predicted octanol–water partition coefficient (Wildman–Crippen LogP) is 3.04. The number of carbonyl (C=O) groups is 2. The Bertz CT molecular complexity index is 1050. The zero-order valence-electron chi connectivity index (χ0n) is 18.8. The Balaban J connectivity index is 1.63. The number of nitriles is 1. The third-order valence-electron chi connectivity index (χ3n) is 6.40. The monoisotopic (exact) mass is 435 g/mol. The number of amides is 2. The Kier molecular flexibility index (Phi) is 6.28. The van der Waals surface area contributed by atoms with Gasteiger partial charge in [-0.2, -0.15) is 5.26 Å². The van der Waals surface area contributed by atoms with Crippen molar-refractivity contribution in [1.29, 1.82) is 5.26 Å². The normalized spacial score (nSPS) is 18.8. The maximum atomic E-state index is 13.4. The van der Waals surface area contributed by atoms with Crippen molar-refractivity contribution in [1.82, 2.24) is 19.8 Å². The molecule has 2 aliphatic rings. The van der Waals surface area contributed by atoms with Crippen LogP contribution in [0.15, 0.2) is 24.4 Å². The molecule has 0 aliphatic carbocycles. The van der Waals surface area contributed by atoms with E-state index in [0.717, 1.165) is 30.6 Å². The van der Waals surface area contributed by atoms with E-state index in [9.17, 15) is 9.59 Å². The first kappa shape index (κ1) is 22.0. The topological polar surface area (TPSA) is 100 Å². The molecule has 1 fully saturated rings. The SMILES string of the molecule is CC(C)C(NC(=O)c1cc(C(=O)N2CCCC2C)c2n1CCOC2)c1ccc(C#N)nc1. The summed E-state index contributed by atoms with van der Waals surface area (Å²) in [6, 6.07) is 7.14. The average Bonchev–Trinajstić information content (AvgIpc) is 3.40. The molecule has 2 aliphatic heterocycles. The molecule has 2 amide bonds. The average molecular weight is 436 g/mol. The van der Waals surface area contributed by atoms with E-state index in [4.69, 9.17) is 10.00 Å². The fourth-order valence-electron chi connectivity index (χ4n) is 4.59. The van der Waals surface area contributed by atoms with E-state index in [2.05, 4.69) is 17.2 Å². The van der Waals surface area contributed by atoms with Crippen LogP contribution < -0.4 is 5.32 Å². The Morgan fingerprint density at radius 3 is 2.75 bits per heavy atom. The molecule has 2 aromatic rings. The van der Waals surface area contributed by atoms with Gasteiger partial charge in [-0.15, -0.1) is 0 Å². The fourth-order valence-corrected chi connectivity index (χ4v) is 4.59. The second-order valence-electron chi connectivity index (χ2n) is 8.87. The third kappa shape index (κ3) is 4.13. The van der Waals surface area contributed by atoms with Gasteiger partial charge in [0.25, 0.3) is 11.8 Å². The van der Waals surface area contributed by atoms with Crippen molar-refractivity contribution in [2.75, 3.05) is 13.2 Å². The number of hydrogen-bond donors (Lipinski definition) is 1. The summed E-state index contributed by atoms with van der Waals surface area (Å²) in [7, 11) is 0. The molecule has 8 nitrogen and oxygen atoms in total. The van der Waals surface area contributed by atoms with Gasteiger partial charge in [-0.1, -0.05) is 19.9 Å². The summed E-state index contributed by atoms with van der Waals surface area (Å²) < 4.78 is 7.54. The molecule has 0 saturated carbocycles. The smallest absolute Gasteiger partial charge is 0.268 e. The minimum absolute atomic E-state index is 0.0278. The third-order valence-corrected chi connectivity index (χ3v) is 6.40. The minimum atomic E-state index is -0.272. The fraction of sp³-hybridized carbons (Fsp3) is 0.500. The molecule has 0 radical (unpaired) electrons. The molecular weight excluding hydrogens is 406 g/mol. The molecule has 4 heterocycles. The van der Waals surface area contributed by atoms with Gasteiger partial charge in [-0.3, -0.25) is 9.59 Å². The molecule has 0 bridgehead atoms. The van der Waals surface area contributed by atoms with Crippen molar-refractivity contribution in [3.63, 3.8) is 0 Å². The first-order chi connectivity index (χ1) is 15.4. The number of nitrogens with one attached hydrogen (secondary N) is 1. The van der Waals surface area contributed by atoms with Crippen molar-refractivity contribution in [3.8, 4) is 6.07 Å². The number of ether oxygens (including phenoxy) is 1. The number of nitrogens with zero attached hydrogens (tertiary/aromatic N) is 4. The highest BCUT2D eigenvalue weighted by Crippen LogP contribution is 2.27. The quantitative estimate of drug-likeness (QED) is 0.778. The van der Waals surface area contributed by atoms with Crippen LogP contribution in [0.3, 0.4) is 0 Å². The van der Waals surface area contributed by atoms with Crippen LogP contribution >= 0.6 is 0 Å². The molecule has 2 aromatic heterocycles. The van der Waals surface area contributed by atoms with Crippen molar-refractivity contribution in [2.45, 2.75) is 58.8 Å². The molecule has 2 atom stereocenters. The maximum Gasteiger partial charge on any atom is 0.268 e. The van der Waals surface area contributed by atoms with Crippen LogP contribution in [0.1, 0.15) is 77.5 Å². The molecular formula is C24H29N5O3. The highest BCUT2D eigenvalue weighted by Gasteiger charge is 2.32. The van der Waals surface area contributed by atoms with Crippen LogP contribution in [0.4, 0.5) is 0 Å². The van der Waals surface area contributed by atoms with E-state index in [-0.39, 0.29) is 29.8 Å². The summed E-state index contributed by atoms with van der Waals surface area (Å²) in [6.07, 6.45) is 3.64. The van der Waals surface area contributed by atoms with Crippen LogP contribution in [0.25, 0.3) is 0 Å². The highest BCUT2D eigenvalue weighted by molar-refractivity contribution is 6.01. The minimum Gasteiger partial charge on any atom is -0.373 e. The molecule has 1 N–H and O–H groups in total. The standard InChI is InChI=1S/C24H29N5O3/c1-15(2)22(17-6-7-18(12-25)26-13-17)27-23(30)20-11-19(21-14-32-10-9-29(20)21)24(31)28-8-4-5-16(28)3/h6-7,11,13,15-16,22H,4-5,8-10,14H2,1-3H3,(H,27,30). The molecule has 0 spiro atoms. The Morgan fingerprint density at radius 1 is 1.31 bits per heavy atom. The van der Waals surface area contributed by atoms with Gasteiger partial charge in [0.05, 0.1) is 30.5 Å². The van der Waals surface area contributed by atoms with E-state index >= 15 is 0 Å². The van der Waals surface area contributed by atoms with Crippen LogP contribution in [-0.4, -0.2) is 45.5 Å². The summed E-state index contributed by atoms with van der Waals surface area (Å²) in [5, 5.41) is 12.1. The molecule has 1 saturated heterocycles. The number of pyridine rings is 1. The van der Waals surface area contributed by atoms with Gasteiger partial charge in [-0.05, 0) is 43.4 Å². The van der Waals surface area contributed by atoms with E-state index < -0.39 is 0 Å². The lowest BCUT2D eigenvalue weighted by Crippen LogP contribution is -2.34. The number of hydrogen-bond acceptors (Lipinski definition) is 5. The second kappa shape index (κ2) is 9.13. The van der Waals surface area contributed by atoms with Crippen LogP contribution in [-0.2, 0) is 17.9 Å². The number of likely N-dealkylation sites (tertiary alicyclic amines) is 1. The summed E-state index contributed by atoms with van der Waals surface area (Å²) in [4.78, 5) is 32.7. The number of carbonyl (C=O) groups excluding carboxylic acids is 2. The van der Waals surface area contributed by atoms with Gasteiger partial charge >= 0.3 is 0 Å². The van der Waals surface area contributed by atoms with Crippen molar-refractivity contribution in [2.24, 2.45) is 5.92 Å². The highest BCUT2D eigenvalue weighted by atomic mass is 16.5. The molecule has 4 rings (SSSR count). The van der Waals surface area contributed by atoms with Gasteiger partial charge in [0.15, 0.2) is 0 Å². The lowest BCUT2D eigenvalue weighted by molar-refractivity contribution is 0.0696. The molecule has 168 valence electrons. The van der Waals surface area contributed by atoms with Crippen LogP contribution in [0, 0.1) is 17.2 Å². The zero-order chi connectivity index (χ0) is 22.8. The van der Waals surface area contributed by atoms with Crippen molar-refractivity contribution in [3.05, 3.63) is 52.6 Å². The molecule has 0 aromatic carbocycles. The van der Waals surface area contributed by atoms with E-state index in [0.29, 0.717) is 36.7 Å². The summed E-state index contributed by atoms with van der Waals surface area (Å²) in [5.41, 5.74) is 2.98. The van der Waals surface area contributed by atoms with E-state index in [1.165, 1.54) is 0 Å². The number of aromatic nitrogens is 2. The first-order valence-corrected chi connectivity index (χ1v) is 11.2. The second-order valence-corrected chi connectivity index (χ2v) is 8.87. The zero-order valence-corrected chi connectivity index (χ0v) is 18.8. The predicted molar refractivity (Wildman–Crippen MR) is 118 cm³/mol. The van der Waals surface area contributed by atoms with Gasteiger partial charge < -0.3 is 19.5 Å². The van der Waals surface area contributed by atoms with Gasteiger partial charge in [0.2, 0.25) is 0 Å². The number of rotatable bonds is 5. The Labute approximate surface area is 188 Å². The Morgan fingerprint density at radius 2 is 2.12 bits per heavy atom. The van der Waals surface area contributed by atoms with Gasteiger partial charge in [-0.25, -0.2) is 4.98 Å². The van der Waals surface area contributed by atoms with Gasteiger partial charge in [0, 0.05) is 25.3 Å². The van der Waals surface area contributed by atoms with Gasteiger partial charge in [0.1, 0.15) is 17.5 Å². The van der Waals surface area contributed by atoms with Crippen molar-refractivity contribution >= 4 is 11.8 Å². The van der Waals surface area contributed by atoms with E-state index in [1.807, 2.05) is 35.5 Å². The Hall–Kier alpha value is -3.18.